The third kappa shape index (κ3) is 2.85. The van der Waals surface area contributed by atoms with Crippen LogP contribution in [0.15, 0.2) is 35.2 Å². The van der Waals surface area contributed by atoms with E-state index in [1.807, 2.05) is 30.3 Å². The number of rotatable bonds is 3. The molecule has 0 spiro atoms. The van der Waals surface area contributed by atoms with Crippen molar-refractivity contribution in [2.75, 3.05) is 6.61 Å². The standard InChI is InChI=1S/C12H16O5S/c13-6-8-9(14)10(15)11(16)12(17-8)18-7-4-2-1-3-5-7/h1-5,8-16H,6H2/t8?,9-,10+,11?,12-/m1/s1. The van der Waals surface area contributed by atoms with Crippen LogP contribution >= 0.6 is 11.8 Å². The van der Waals surface area contributed by atoms with Gasteiger partial charge in [0, 0.05) is 4.90 Å². The molecule has 1 aliphatic heterocycles. The van der Waals surface area contributed by atoms with Crippen molar-refractivity contribution in [3.8, 4) is 0 Å². The fourth-order valence-corrected chi connectivity index (χ4v) is 2.88. The molecular formula is C12H16O5S. The maximum atomic E-state index is 9.85. The highest BCUT2D eigenvalue weighted by molar-refractivity contribution is 7.99. The lowest BCUT2D eigenvalue weighted by Gasteiger charge is -2.39. The Morgan fingerprint density at radius 3 is 2.28 bits per heavy atom. The molecule has 4 N–H and O–H groups in total. The van der Waals surface area contributed by atoms with E-state index in [1.54, 1.807) is 0 Å². The molecule has 100 valence electrons. The first-order valence-corrected chi connectivity index (χ1v) is 6.53. The van der Waals surface area contributed by atoms with Gasteiger partial charge in [0.15, 0.2) is 0 Å². The van der Waals surface area contributed by atoms with Crippen LogP contribution in [0.2, 0.25) is 0 Å². The van der Waals surface area contributed by atoms with Gasteiger partial charge >= 0.3 is 0 Å². The summed E-state index contributed by atoms with van der Waals surface area (Å²) in [5.41, 5.74) is -0.719. The molecule has 5 nitrogen and oxygen atoms in total. The van der Waals surface area contributed by atoms with Gasteiger partial charge in [-0.2, -0.15) is 0 Å². The van der Waals surface area contributed by atoms with Crippen molar-refractivity contribution in [2.24, 2.45) is 0 Å². The topological polar surface area (TPSA) is 90.2 Å². The van der Waals surface area contributed by atoms with Gasteiger partial charge in [0.05, 0.1) is 6.61 Å². The highest BCUT2D eigenvalue weighted by Gasteiger charge is 2.43. The van der Waals surface area contributed by atoms with Gasteiger partial charge in [-0.05, 0) is 12.1 Å². The molecule has 2 unspecified atom stereocenters. The number of hydrogen-bond acceptors (Lipinski definition) is 6. The van der Waals surface area contributed by atoms with Crippen molar-refractivity contribution in [2.45, 2.75) is 34.7 Å². The van der Waals surface area contributed by atoms with Crippen molar-refractivity contribution < 1.29 is 25.2 Å². The van der Waals surface area contributed by atoms with E-state index in [4.69, 9.17) is 9.84 Å². The summed E-state index contributed by atoms with van der Waals surface area (Å²) in [5.74, 6) is 0. The van der Waals surface area contributed by atoms with E-state index in [-0.39, 0.29) is 0 Å². The van der Waals surface area contributed by atoms with E-state index in [1.165, 1.54) is 11.8 Å². The molecular weight excluding hydrogens is 256 g/mol. The van der Waals surface area contributed by atoms with E-state index in [0.717, 1.165) is 4.90 Å². The number of aliphatic hydroxyl groups excluding tert-OH is 4. The second-order valence-electron chi connectivity index (χ2n) is 4.13. The fraction of sp³-hybridized carbons (Fsp3) is 0.500. The van der Waals surface area contributed by atoms with Crippen LogP contribution in [0.1, 0.15) is 0 Å². The van der Waals surface area contributed by atoms with Gasteiger partial charge < -0.3 is 25.2 Å². The number of benzene rings is 1. The molecule has 1 aromatic rings. The second-order valence-corrected chi connectivity index (χ2v) is 5.30. The number of thioether (sulfide) groups is 1. The third-order valence-corrected chi connectivity index (χ3v) is 4.01. The summed E-state index contributed by atoms with van der Waals surface area (Å²) in [6.45, 7) is -0.406. The monoisotopic (exact) mass is 272 g/mol. The van der Waals surface area contributed by atoms with Crippen LogP contribution in [-0.4, -0.2) is 56.9 Å². The van der Waals surface area contributed by atoms with Crippen molar-refractivity contribution in [1.82, 2.24) is 0 Å². The van der Waals surface area contributed by atoms with E-state index < -0.39 is 36.5 Å². The molecule has 0 aliphatic carbocycles. The Bertz CT molecular complexity index is 372. The first kappa shape index (κ1) is 13.8. The van der Waals surface area contributed by atoms with Crippen molar-refractivity contribution in [3.05, 3.63) is 30.3 Å². The largest absolute Gasteiger partial charge is 0.394 e. The third-order valence-electron chi connectivity index (χ3n) is 2.84. The maximum absolute atomic E-state index is 9.85. The molecule has 1 aromatic carbocycles. The number of hydrogen-bond donors (Lipinski definition) is 4. The Morgan fingerprint density at radius 1 is 1.00 bits per heavy atom. The van der Waals surface area contributed by atoms with Crippen LogP contribution in [0.5, 0.6) is 0 Å². The van der Waals surface area contributed by atoms with Gasteiger partial charge in [-0.3, -0.25) is 0 Å². The summed E-state index contributed by atoms with van der Waals surface area (Å²) in [7, 11) is 0. The summed E-state index contributed by atoms with van der Waals surface area (Å²) in [4.78, 5) is 0.877. The lowest BCUT2D eigenvalue weighted by molar-refractivity contribution is -0.205. The van der Waals surface area contributed by atoms with E-state index in [2.05, 4.69) is 0 Å². The Morgan fingerprint density at radius 2 is 1.67 bits per heavy atom. The van der Waals surface area contributed by atoms with Crippen LogP contribution in [0, 0.1) is 0 Å². The molecule has 18 heavy (non-hydrogen) atoms. The molecule has 0 saturated carbocycles. The molecule has 1 fully saturated rings. The number of ether oxygens (including phenoxy) is 1. The molecule has 0 bridgehead atoms. The average molecular weight is 272 g/mol. The zero-order valence-electron chi connectivity index (χ0n) is 9.59. The van der Waals surface area contributed by atoms with Crippen LogP contribution < -0.4 is 0 Å². The smallest absolute Gasteiger partial charge is 0.136 e. The molecule has 1 heterocycles. The minimum absolute atomic E-state index is 0.406. The minimum atomic E-state index is -1.32. The predicted molar refractivity (Wildman–Crippen MR) is 66.1 cm³/mol. The Hall–Kier alpha value is -0.630. The molecule has 0 amide bonds. The SMILES string of the molecule is OCC1O[C@H](Sc2ccccc2)C(O)[C@@H](O)[C@@H]1O. The maximum Gasteiger partial charge on any atom is 0.136 e. The summed E-state index contributed by atoms with van der Waals surface area (Å²) in [6.07, 6.45) is -4.69. The first-order chi connectivity index (χ1) is 8.63. The molecule has 6 heteroatoms. The van der Waals surface area contributed by atoms with Crippen molar-refractivity contribution in [3.63, 3.8) is 0 Å². The zero-order valence-corrected chi connectivity index (χ0v) is 10.4. The predicted octanol–water partition coefficient (Wildman–Crippen LogP) is -0.421. The lowest BCUT2D eigenvalue weighted by Crippen LogP contribution is -2.57. The van der Waals surface area contributed by atoms with Crippen LogP contribution in [0.4, 0.5) is 0 Å². The van der Waals surface area contributed by atoms with Gasteiger partial charge in [0.2, 0.25) is 0 Å². The van der Waals surface area contributed by atoms with Gasteiger partial charge in [-0.25, -0.2) is 0 Å². The molecule has 5 atom stereocenters. The quantitative estimate of drug-likeness (QED) is 0.597. The van der Waals surface area contributed by atoms with Crippen LogP contribution in [0.3, 0.4) is 0 Å². The highest BCUT2D eigenvalue weighted by Crippen LogP contribution is 2.32. The summed E-state index contributed by atoms with van der Waals surface area (Å²) in [6, 6.07) is 9.29. The molecule has 0 aromatic heterocycles. The lowest BCUT2D eigenvalue weighted by atomic mass is 10.0. The van der Waals surface area contributed by atoms with Crippen LogP contribution in [-0.2, 0) is 4.74 Å². The van der Waals surface area contributed by atoms with E-state index >= 15 is 0 Å². The van der Waals surface area contributed by atoms with Crippen LogP contribution in [0.25, 0.3) is 0 Å². The van der Waals surface area contributed by atoms with E-state index in [0.29, 0.717) is 0 Å². The molecule has 0 radical (unpaired) electrons. The summed E-state index contributed by atoms with van der Waals surface area (Å²) in [5, 5.41) is 38.2. The van der Waals surface area contributed by atoms with E-state index in [9.17, 15) is 15.3 Å². The Balaban J connectivity index is 2.08. The minimum Gasteiger partial charge on any atom is -0.394 e. The zero-order chi connectivity index (χ0) is 13.1. The van der Waals surface area contributed by atoms with Gasteiger partial charge in [-0.1, -0.05) is 30.0 Å². The Labute approximate surface area is 109 Å². The van der Waals surface area contributed by atoms with Gasteiger partial charge in [0.25, 0.3) is 0 Å². The van der Waals surface area contributed by atoms with Gasteiger partial charge in [0.1, 0.15) is 29.9 Å². The normalized spacial score (nSPS) is 36.6. The average Bonchev–Trinajstić information content (AvgIpc) is 2.40. The van der Waals surface area contributed by atoms with Crippen molar-refractivity contribution >= 4 is 11.8 Å². The summed E-state index contributed by atoms with van der Waals surface area (Å²) >= 11 is 1.24. The molecule has 1 aliphatic rings. The summed E-state index contributed by atoms with van der Waals surface area (Å²) < 4.78 is 5.39. The first-order valence-electron chi connectivity index (χ1n) is 5.65. The molecule has 1 saturated heterocycles. The molecule has 2 rings (SSSR count). The van der Waals surface area contributed by atoms with Crippen molar-refractivity contribution in [1.29, 1.82) is 0 Å². The highest BCUT2D eigenvalue weighted by atomic mass is 32.2. The second kappa shape index (κ2) is 6.01. The number of aliphatic hydroxyl groups is 4. The van der Waals surface area contributed by atoms with Gasteiger partial charge in [-0.15, -0.1) is 0 Å². The Kier molecular flexibility index (Phi) is 4.60. The fourth-order valence-electron chi connectivity index (χ4n) is 1.80.